The number of likely N-dealkylation sites (tertiary alicyclic amines) is 1. The van der Waals surface area contributed by atoms with Crippen molar-refractivity contribution in [2.75, 3.05) is 19.0 Å². The zero-order valence-corrected chi connectivity index (χ0v) is 12.4. The Morgan fingerprint density at radius 3 is 3.15 bits per heavy atom. The van der Waals surface area contributed by atoms with Crippen molar-refractivity contribution in [3.63, 3.8) is 0 Å². The zero-order chi connectivity index (χ0) is 13.9. The van der Waals surface area contributed by atoms with Crippen molar-refractivity contribution in [3.8, 4) is 5.75 Å². The molecule has 2 aliphatic heterocycles. The topological polar surface area (TPSA) is 29.5 Å². The summed E-state index contributed by atoms with van der Waals surface area (Å²) in [6.45, 7) is 1.58. The molecule has 1 aromatic rings. The van der Waals surface area contributed by atoms with E-state index in [1.807, 2.05) is 23.1 Å². The van der Waals surface area contributed by atoms with Gasteiger partial charge in [0.25, 0.3) is 5.91 Å². The smallest absolute Gasteiger partial charge is 0.254 e. The maximum Gasteiger partial charge on any atom is 0.254 e. The fourth-order valence-corrected chi connectivity index (χ4v) is 3.43. The average Bonchev–Trinajstić information content (AvgIpc) is 2.95. The van der Waals surface area contributed by atoms with Crippen molar-refractivity contribution >= 4 is 17.5 Å². The lowest BCUT2D eigenvalue weighted by Crippen LogP contribution is -2.44. The van der Waals surface area contributed by atoms with Gasteiger partial charge in [0.05, 0.1) is 6.61 Å². The molecule has 0 N–H and O–H groups in total. The summed E-state index contributed by atoms with van der Waals surface area (Å²) in [7, 11) is 0. The molecular formula is C16H20ClNO2. The Kier molecular flexibility index (Phi) is 4.16. The van der Waals surface area contributed by atoms with Crippen molar-refractivity contribution < 1.29 is 9.53 Å². The van der Waals surface area contributed by atoms with Gasteiger partial charge < -0.3 is 9.64 Å². The number of alkyl halides is 1. The van der Waals surface area contributed by atoms with Crippen LogP contribution >= 0.6 is 11.6 Å². The van der Waals surface area contributed by atoms with Crippen LogP contribution in [0, 0.1) is 0 Å². The monoisotopic (exact) mass is 293 g/mol. The lowest BCUT2D eigenvalue weighted by atomic mass is 9.98. The summed E-state index contributed by atoms with van der Waals surface area (Å²) in [5.41, 5.74) is 1.94. The number of carbonyl (C=O) groups excluding carboxylic acids is 1. The molecule has 0 spiro atoms. The second-order valence-corrected chi connectivity index (χ2v) is 5.92. The van der Waals surface area contributed by atoms with Gasteiger partial charge in [-0.05, 0) is 49.4 Å². The number of rotatable bonds is 3. The zero-order valence-electron chi connectivity index (χ0n) is 11.6. The van der Waals surface area contributed by atoms with E-state index in [0.717, 1.165) is 55.7 Å². The molecule has 0 bridgehead atoms. The van der Waals surface area contributed by atoms with Crippen molar-refractivity contribution in [1.29, 1.82) is 0 Å². The van der Waals surface area contributed by atoms with Crippen molar-refractivity contribution in [1.82, 2.24) is 4.90 Å². The number of carbonyl (C=O) groups is 1. The Labute approximate surface area is 124 Å². The van der Waals surface area contributed by atoms with E-state index in [-0.39, 0.29) is 5.91 Å². The van der Waals surface area contributed by atoms with Gasteiger partial charge >= 0.3 is 0 Å². The molecule has 1 aromatic carbocycles. The van der Waals surface area contributed by atoms with Gasteiger partial charge in [0.1, 0.15) is 5.75 Å². The summed E-state index contributed by atoms with van der Waals surface area (Å²) >= 11 is 5.87. The Morgan fingerprint density at radius 2 is 2.30 bits per heavy atom. The number of halogens is 1. The molecule has 0 aliphatic carbocycles. The van der Waals surface area contributed by atoms with Crippen LogP contribution in [0.25, 0.3) is 0 Å². The highest BCUT2D eigenvalue weighted by Gasteiger charge is 2.27. The number of benzene rings is 1. The first-order valence-electron chi connectivity index (χ1n) is 7.42. The van der Waals surface area contributed by atoms with E-state index >= 15 is 0 Å². The molecule has 1 saturated heterocycles. The first kappa shape index (κ1) is 13.7. The molecule has 0 radical (unpaired) electrons. The first-order valence-corrected chi connectivity index (χ1v) is 7.95. The van der Waals surface area contributed by atoms with Crippen LogP contribution in [0.1, 0.15) is 41.6 Å². The largest absolute Gasteiger partial charge is 0.493 e. The predicted molar refractivity (Wildman–Crippen MR) is 79.7 cm³/mol. The molecule has 1 amide bonds. The molecule has 2 heterocycles. The van der Waals surface area contributed by atoms with Gasteiger partial charge in [-0.15, -0.1) is 11.6 Å². The predicted octanol–water partition coefficient (Wildman–Crippen LogP) is 3.25. The molecule has 3 rings (SSSR count). The number of piperidine rings is 1. The average molecular weight is 294 g/mol. The van der Waals surface area contributed by atoms with E-state index in [0.29, 0.717) is 11.9 Å². The Hall–Kier alpha value is -1.22. The molecule has 20 heavy (non-hydrogen) atoms. The maximum absolute atomic E-state index is 12.7. The Morgan fingerprint density at radius 1 is 1.40 bits per heavy atom. The van der Waals surface area contributed by atoms with E-state index in [2.05, 4.69) is 0 Å². The molecule has 1 unspecified atom stereocenters. The normalized spacial score (nSPS) is 21.4. The minimum atomic E-state index is 0.148. The number of hydrogen-bond acceptors (Lipinski definition) is 2. The quantitative estimate of drug-likeness (QED) is 0.801. The van der Waals surface area contributed by atoms with Crippen molar-refractivity contribution in [3.05, 3.63) is 29.3 Å². The third kappa shape index (κ3) is 2.64. The molecule has 1 atom stereocenters. The van der Waals surface area contributed by atoms with Crippen molar-refractivity contribution in [2.24, 2.45) is 0 Å². The van der Waals surface area contributed by atoms with Gasteiger partial charge in [-0.25, -0.2) is 0 Å². The van der Waals surface area contributed by atoms with Crippen LogP contribution in [0.5, 0.6) is 5.75 Å². The summed E-state index contributed by atoms with van der Waals surface area (Å²) < 4.78 is 5.50. The fraction of sp³-hybridized carbons (Fsp3) is 0.562. The van der Waals surface area contributed by atoms with Gasteiger partial charge in [0.15, 0.2) is 0 Å². The molecule has 0 saturated carbocycles. The SMILES string of the molecule is O=C(c1ccc2c(c1)CCO2)N1CCCCC1CCCl. The van der Waals surface area contributed by atoms with E-state index in [1.54, 1.807) is 0 Å². The molecule has 4 heteroatoms. The van der Waals surface area contributed by atoms with E-state index in [9.17, 15) is 4.79 Å². The summed E-state index contributed by atoms with van der Waals surface area (Å²) in [4.78, 5) is 14.7. The highest BCUT2D eigenvalue weighted by molar-refractivity contribution is 6.17. The second-order valence-electron chi connectivity index (χ2n) is 5.55. The van der Waals surface area contributed by atoms with E-state index < -0.39 is 0 Å². The maximum atomic E-state index is 12.7. The first-order chi connectivity index (χ1) is 9.79. The van der Waals surface area contributed by atoms with Gasteiger partial charge in [-0.2, -0.15) is 0 Å². The highest BCUT2D eigenvalue weighted by atomic mass is 35.5. The van der Waals surface area contributed by atoms with E-state index in [4.69, 9.17) is 16.3 Å². The van der Waals surface area contributed by atoms with E-state index in [1.165, 1.54) is 6.42 Å². The minimum Gasteiger partial charge on any atom is -0.493 e. The number of ether oxygens (including phenoxy) is 1. The summed E-state index contributed by atoms with van der Waals surface area (Å²) in [5, 5.41) is 0. The summed E-state index contributed by atoms with van der Waals surface area (Å²) in [6.07, 6.45) is 5.16. The number of hydrogen-bond donors (Lipinski definition) is 0. The van der Waals surface area contributed by atoms with Crippen LogP contribution in [-0.4, -0.2) is 35.9 Å². The molecule has 108 valence electrons. The third-order valence-corrected chi connectivity index (χ3v) is 4.48. The van der Waals surface area contributed by atoms with Crippen LogP contribution in [0.4, 0.5) is 0 Å². The lowest BCUT2D eigenvalue weighted by Gasteiger charge is -2.35. The molecule has 0 aromatic heterocycles. The van der Waals surface area contributed by atoms with Crippen LogP contribution in [0.3, 0.4) is 0 Å². The Balaban J connectivity index is 1.80. The Bertz CT molecular complexity index is 501. The van der Waals surface area contributed by atoms with Crippen LogP contribution in [-0.2, 0) is 6.42 Å². The summed E-state index contributed by atoms with van der Waals surface area (Å²) in [6, 6.07) is 6.12. The molecule has 1 fully saturated rings. The van der Waals surface area contributed by atoms with Crippen LogP contribution in [0.15, 0.2) is 18.2 Å². The second kappa shape index (κ2) is 6.04. The number of fused-ring (bicyclic) bond motifs is 1. The number of nitrogens with zero attached hydrogens (tertiary/aromatic N) is 1. The molecular weight excluding hydrogens is 274 g/mol. The molecule has 3 nitrogen and oxygen atoms in total. The lowest BCUT2D eigenvalue weighted by molar-refractivity contribution is 0.0609. The van der Waals surface area contributed by atoms with Gasteiger partial charge in [-0.1, -0.05) is 0 Å². The van der Waals surface area contributed by atoms with Crippen molar-refractivity contribution in [2.45, 2.75) is 38.1 Å². The number of amides is 1. The minimum absolute atomic E-state index is 0.148. The van der Waals surface area contributed by atoms with Crippen LogP contribution < -0.4 is 4.74 Å². The highest BCUT2D eigenvalue weighted by Crippen LogP contribution is 2.28. The van der Waals surface area contributed by atoms with Crippen LogP contribution in [0.2, 0.25) is 0 Å². The summed E-state index contributed by atoms with van der Waals surface area (Å²) in [5.74, 6) is 1.69. The molecule has 2 aliphatic rings. The van der Waals surface area contributed by atoms with Gasteiger partial charge in [-0.3, -0.25) is 4.79 Å². The third-order valence-electron chi connectivity index (χ3n) is 4.27. The fourth-order valence-electron chi connectivity index (χ4n) is 3.18. The van der Waals surface area contributed by atoms with Gasteiger partial charge in [0.2, 0.25) is 0 Å². The standard InChI is InChI=1S/C16H20ClNO2/c17-8-6-14-3-1-2-9-18(14)16(19)13-4-5-15-12(11-13)7-10-20-15/h4-5,11,14H,1-3,6-10H2. The van der Waals surface area contributed by atoms with Gasteiger partial charge in [0, 0.05) is 30.5 Å².